The molecule has 0 unspecified atom stereocenters. The first-order chi connectivity index (χ1) is 10.2. The Morgan fingerprint density at radius 1 is 1.05 bits per heavy atom. The Morgan fingerprint density at radius 2 is 1.81 bits per heavy atom. The van der Waals surface area contributed by atoms with Crippen molar-refractivity contribution >= 4 is 11.9 Å². The van der Waals surface area contributed by atoms with Gasteiger partial charge < -0.3 is 24.8 Å². The van der Waals surface area contributed by atoms with Gasteiger partial charge in [0.1, 0.15) is 0 Å². The van der Waals surface area contributed by atoms with Crippen LogP contribution < -0.4 is 15.4 Å². The molecule has 0 aromatic carbocycles. The lowest BCUT2D eigenvalue weighted by atomic mass is 10.4. The van der Waals surface area contributed by atoms with Gasteiger partial charge in [-0.2, -0.15) is 15.0 Å². The topological polar surface area (TPSA) is 90.4 Å². The summed E-state index contributed by atoms with van der Waals surface area (Å²) in [5, 5.41) is 6.02. The average molecular weight is 299 g/mol. The Bertz CT molecular complexity index is 403. The lowest BCUT2D eigenvalue weighted by Crippen LogP contribution is -2.14. The van der Waals surface area contributed by atoms with Crippen molar-refractivity contribution < 1.29 is 14.2 Å². The van der Waals surface area contributed by atoms with Crippen LogP contribution in [0.15, 0.2) is 0 Å². The van der Waals surface area contributed by atoms with Gasteiger partial charge in [-0.25, -0.2) is 0 Å². The second-order valence-corrected chi connectivity index (χ2v) is 4.57. The van der Waals surface area contributed by atoms with E-state index in [2.05, 4.69) is 25.6 Å². The van der Waals surface area contributed by atoms with E-state index in [4.69, 9.17) is 14.2 Å². The highest BCUT2D eigenvalue weighted by molar-refractivity contribution is 5.35. The minimum atomic E-state index is 0.0131. The zero-order chi connectivity index (χ0) is 15.5. The van der Waals surface area contributed by atoms with Crippen molar-refractivity contribution in [2.24, 2.45) is 0 Å². The molecule has 0 fully saturated rings. The molecule has 0 aliphatic carbocycles. The maximum Gasteiger partial charge on any atom is 0.323 e. The van der Waals surface area contributed by atoms with Crippen LogP contribution >= 0.6 is 0 Å². The molecule has 0 aliphatic heterocycles. The summed E-state index contributed by atoms with van der Waals surface area (Å²) in [6.07, 6.45) is 0.865. The third-order valence-corrected chi connectivity index (χ3v) is 2.36. The van der Waals surface area contributed by atoms with Gasteiger partial charge in [-0.1, -0.05) is 0 Å². The summed E-state index contributed by atoms with van der Waals surface area (Å²) in [5.41, 5.74) is 0. The van der Waals surface area contributed by atoms with Crippen molar-refractivity contribution in [2.45, 2.75) is 26.4 Å². The van der Waals surface area contributed by atoms with Crippen molar-refractivity contribution in [2.75, 3.05) is 51.2 Å². The van der Waals surface area contributed by atoms with Gasteiger partial charge in [0.2, 0.25) is 11.9 Å². The number of rotatable bonds is 11. The summed E-state index contributed by atoms with van der Waals surface area (Å²) in [5.74, 6) is 0.960. The Labute approximate surface area is 125 Å². The first kappa shape index (κ1) is 17.4. The molecule has 8 nitrogen and oxygen atoms in total. The normalized spacial score (nSPS) is 10.7. The number of hydrogen-bond donors (Lipinski definition) is 2. The van der Waals surface area contributed by atoms with Crippen molar-refractivity contribution in [3.05, 3.63) is 0 Å². The van der Waals surface area contributed by atoms with E-state index in [-0.39, 0.29) is 6.10 Å². The van der Waals surface area contributed by atoms with E-state index in [0.29, 0.717) is 44.3 Å². The quantitative estimate of drug-likeness (QED) is 0.588. The van der Waals surface area contributed by atoms with Gasteiger partial charge in [-0.05, 0) is 20.3 Å². The van der Waals surface area contributed by atoms with E-state index in [0.717, 1.165) is 6.42 Å². The van der Waals surface area contributed by atoms with Gasteiger partial charge in [-0.15, -0.1) is 0 Å². The predicted molar refractivity (Wildman–Crippen MR) is 80.9 cm³/mol. The van der Waals surface area contributed by atoms with Crippen molar-refractivity contribution in [1.82, 2.24) is 15.0 Å². The van der Waals surface area contributed by atoms with E-state index in [9.17, 15) is 0 Å². The molecule has 1 rings (SSSR count). The fraction of sp³-hybridized carbons (Fsp3) is 0.769. The number of hydrogen-bond acceptors (Lipinski definition) is 8. The summed E-state index contributed by atoms with van der Waals surface area (Å²) < 4.78 is 15.8. The van der Waals surface area contributed by atoms with Gasteiger partial charge in [-0.3, -0.25) is 0 Å². The molecule has 0 radical (unpaired) electrons. The molecule has 8 heteroatoms. The molecular formula is C13H25N5O3. The van der Waals surface area contributed by atoms with Crippen LogP contribution in [0, 0.1) is 0 Å². The molecule has 0 aliphatic rings. The fourth-order valence-electron chi connectivity index (χ4n) is 1.43. The van der Waals surface area contributed by atoms with E-state index >= 15 is 0 Å². The molecule has 0 saturated carbocycles. The molecule has 1 aromatic rings. The predicted octanol–water partition coefficient (Wildman–Crippen LogP) is 1.17. The minimum absolute atomic E-state index is 0.0131. The first-order valence-corrected chi connectivity index (χ1v) is 7.06. The van der Waals surface area contributed by atoms with E-state index < -0.39 is 0 Å². The van der Waals surface area contributed by atoms with Gasteiger partial charge in [0.15, 0.2) is 0 Å². The zero-order valence-corrected chi connectivity index (χ0v) is 13.2. The molecule has 1 heterocycles. The third-order valence-electron chi connectivity index (χ3n) is 2.36. The van der Waals surface area contributed by atoms with Gasteiger partial charge in [0.05, 0.1) is 19.3 Å². The molecule has 2 N–H and O–H groups in total. The number of methoxy groups -OCH3 is 1. The zero-order valence-electron chi connectivity index (χ0n) is 13.2. The first-order valence-electron chi connectivity index (χ1n) is 7.06. The molecule has 0 spiro atoms. The molecule has 1 aromatic heterocycles. The van der Waals surface area contributed by atoms with Crippen LogP contribution in [0.2, 0.25) is 0 Å². The second kappa shape index (κ2) is 10.1. The summed E-state index contributed by atoms with van der Waals surface area (Å²) in [7, 11) is 3.41. The largest absolute Gasteiger partial charge is 0.461 e. The number of anilines is 2. The fourth-order valence-corrected chi connectivity index (χ4v) is 1.43. The lowest BCUT2D eigenvalue weighted by Gasteiger charge is -2.11. The Kier molecular flexibility index (Phi) is 8.37. The monoisotopic (exact) mass is 299 g/mol. The highest BCUT2D eigenvalue weighted by atomic mass is 16.5. The second-order valence-electron chi connectivity index (χ2n) is 4.57. The maximum absolute atomic E-state index is 5.49. The van der Waals surface area contributed by atoms with Gasteiger partial charge in [0, 0.05) is 27.3 Å². The SMILES string of the molecule is CNc1nc(NCCCOCCOC)nc(OC(C)C)n1. The van der Waals surface area contributed by atoms with Crippen LogP contribution in [0.3, 0.4) is 0 Å². The van der Waals surface area contributed by atoms with Crippen molar-refractivity contribution in [3.8, 4) is 6.01 Å². The summed E-state index contributed by atoms with van der Waals surface area (Å²) in [4.78, 5) is 12.6. The van der Waals surface area contributed by atoms with Crippen LogP contribution in [0.1, 0.15) is 20.3 Å². The van der Waals surface area contributed by atoms with Crippen molar-refractivity contribution in [3.63, 3.8) is 0 Å². The Morgan fingerprint density at radius 3 is 2.48 bits per heavy atom. The summed E-state index contributed by atoms with van der Waals surface area (Å²) in [6, 6.07) is 0.309. The van der Waals surface area contributed by atoms with Crippen LogP contribution in [-0.2, 0) is 9.47 Å². The Hall–Kier alpha value is -1.67. The number of ether oxygens (including phenoxy) is 3. The number of aromatic nitrogens is 3. The van der Waals surface area contributed by atoms with Crippen LogP contribution in [-0.4, -0.2) is 61.6 Å². The highest BCUT2D eigenvalue weighted by Gasteiger charge is 2.07. The molecule has 0 saturated heterocycles. The van der Waals surface area contributed by atoms with E-state index in [1.54, 1.807) is 14.2 Å². The van der Waals surface area contributed by atoms with Gasteiger partial charge >= 0.3 is 6.01 Å². The van der Waals surface area contributed by atoms with Crippen molar-refractivity contribution in [1.29, 1.82) is 0 Å². The van der Waals surface area contributed by atoms with Gasteiger partial charge in [0.25, 0.3) is 0 Å². The lowest BCUT2D eigenvalue weighted by molar-refractivity contribution is 0.0705. The van der Waals surface area contributed by atoms with Crippen LogP contribution in [0.4, 0.5) is 11.9 Å². The molecule has 0 atom stereocenters. The summed E-state index contributed by atoms with van der Waals surface area (Å²) in [6.45, 7) is 6.44. The standard InChI is InChI=1S/C13H25N5O3/c1-10(2)21-13-17-11(14-3)16-12(18-13)15-6-5-7-20-9-8-19-4/h10H,5-9H2,1-4H3,(H2,14,15,16,17,18). The van der Waals surface area contributed by atoms with E-state index in [1.165, 1.54) is 0 Å². The van der Waals surface area contributed by atoms with E-state index in [1.807, 2.05) is 13.8 Å². The molecule has 0 bridgehead atoms. The average Bonchev–Trinajstić information content (AvgIpc) is 2.45. The smallest absolute Gasteiger partial charge is 0.323 e. The molecule has 0 amide bonds. The maximum atomic E-state index is 5.49. The third kappa shape index (κ3) is 7.62. The minimum Gasteiger partial charge on any atom is -0.461 e. The summed E-state index contributed by atoms with van der Waals surface area (Å²) >= 11 is 0. The molecular weight excluding hydrogens is 274 g/mol. The van der Waals surface area contributed by atoms with Crippen LogP contribution in [0.5, 0.6) is 6.01 Å². The number of nitrogens with zero attached hydrogens (tertiary/aromatic N) is 3. The number of nitrogens with one attached hydrogen (secondary N) is 2. The molecule has 21 heavy (non-hydrogen) atoms. The molecule has 120 valence electrons. The Balaban J connectivity index is 2.39. The van der Waals surface area contributed by atoms with Crippen LogP contribution in [0.25, 0.3) is 0 Å². The highest BCUT2D eigenvalue weighted by Crippen LogP contribution is 2.12.